The molecule has 0 fully saturated rings. The second-order valence-corrected chi connectivity index (χ2v) is 8.36. The molecule has 0 saturated carbocycles. The molecule has 0 saturated heterocycles. The van der Waals surface area contributed by atoms with Crippen molar-refractivity contribution in [2.45, 2.75) is 23.4 Å². The molecular weight excluding hydrogens is 380 g/mol. The van der Waals surface area contributed by atoms with E-state index in [4.69, 9.17) is 4.74 Å². The van der Waals surface area contributed by atoms with Crippen LogP contribution in [-0.2, 0) is 4.79 Å². The highest BCUT2D eigenvalue weighted by Gasteiger charge is 2.18. The number of carbonyl (C=O) groups is 1. The maximum Gasteiger partial charge on any atom is 0.237 e. The number of para-hydroxylation sites is 1. The highest BCUT2D eigenvalue weighted by atomic mass is 32.2. The van der Waals surface area contributed by atoms with Crippen LogP contribution in [0.5, 0.6) is 5.75 Å². The Morgan fingerprint density at radius 3 is 2.59 bits per heavy atom. The number of thioether (sulfide) groups is 1. The van der Waals surface area contributed by atoms with E-state index in [1.807, 2.05) is 62.4 Å². The fourth-order valence-corrected chi connectivity index (χ4v) is 4.17. The number of anilines is 3. The van der Waals surface area contributed by atoms with Crippen molar-refractivity contribution in [2.75, 3.05) is 17.7 Å². The summed E-state index contributed by atoms with van der Waals surface area (Å²) < 4.78 is 5.88. The number of rotatable bonds is 7. The average molecular weight is 401 g/mol. The Labute approximate surface area is 166 Å². The molecule has 1 heterocycles. The molecule has 0 bridgehead atoms. The van der Waals surface area contributed by atoms with Crippen LogP contribution in [0.4, 0.5) is 16.5 Å². The van der Waals surface area contributed by atoms with Crippen molar-refractivity contribution >= 4 is 45.5 Å². The van der Waals surface area contributed by atoms with E-state index in [1.54, 1.807) is 7.11 Å². The zero-order valence-corrected chi connectivity index (χ0v) is 16.9. The molecule has 8 heteroatoms. The molecule has 3 rings (SSSR count). The summed E-state index contributed by atoms with van der Waals surface area (Å²) in [6.45, 7) is 3.82. The zero-order valence-electron chi connectivity index (χ0n) is 15.2. The number of aromatic nitrogens is 2. The normalized spacial score (nSPS) is 11.7. The maximum atomic E-state index is 12.4. The Morgan fingerprint density at radius 2 is 1.89 bits per heavy atom. The summed E-state index contributed by atoms with van der Waals surface area (Å²) in [4.78, 5) is 12.4. The fourth-order valence-electron chi connectivity index (χ4n) is 2.26. The quantitative estimate of drug-likeness (QED) is 0.559. The van der Waals surface area contributed by atoms with Crippen LogP contribution in [0, 0.1) is 6.92 Å². The minimum atomic E-state index is -0.286. The smallest absolute Gasteiger partial charge is 0.237 e. The number of carbonyl (C=O) groups excluding carboxylic acids is 1. The van der Waals surface area contributed by atoms with Crippen molar-refractivity contribution in [1.82, 2.24) is 10.2 Å². The summed E-state index contributed by atoms with van der Waals surface area (Å²) in [7, 11) is 1.63. The largest absolute Gasteiger partial charge is 0.497 e. The molecule has 6 nitrogen and oxygen atoms in total. The summed E-state index contributed by atoms with van der Waals surface area (Å²) in [6.07, 6.45) is 0. The highest BCUT2D eigenvalue weighted by Crippen LogP contribution is 2.31. The molecule has 0 aliphatic carbocycles. The Kier molecular flexibility index (Phi) is 6.31. The van der Waals surface area contributed by atoms with Gasteiger partial charge >= 0.3 is 0 Å². The van der Waals surface area contributed by atoms with Gasteiger partial charge in [0.2, 0.25) is 11.0 Å². The second kappa shape index (κ2) is 8.88. The molecule has 2 aromatic carbocycles. The molecule has 3 aromatic rings. The van der Waals surface area contributed by atoms with E-state index in [9.17, 15) is 4.79 Å². The Hall–Kier alpha value is -2.58. The molecule has 1 atom stereocenters. The lowest BCUT2D eigenvalue weighted by molar-refractivity contribution is -0.115. The molecular formula is C19H20N4O2S2. The van der Waals surface area contributed by atoms with Crippen molar-refractivity contribution in [1.29, 1.82) is 0 Å². The van der Waals surface area contributed by atoms with Crippen LogP contribution in [0.3, 0.4) is 0 Å². The number of nitrogens with one attached hydrogen (secondary N) is 2. The summed E-state index contributed by atoms with van der Waals surface area (Å²) in [5.74, 6) is 0.733. The molecule has 1 amide bonds. The van der Waals surface area contributed by atoms with Gasteiger partial charge in [0.1, 0.15) is 5.75 Å². The van der Waals surface area contributed by atoms with Crippen LogP contribution in [-0.4, -0.2) is 28.5 Å². The third kappa shape index (κ3) is 5.21. The van der Waals surface area contributed by atoms with E-state index in [1.165, 1.54) is 23.1 Å². The van der Waals surface area contributed by atoms with E-state index in [2.05, 4.69) is 20.8 Å². The van der Waals surface area contributed by atoms with Gasteiger partial charge in [-0.05, 0) is 49.7 Å². The molecule has 27 heavy (non-hydrogen) atoms. The molecule has 140 valence electrons. The molecule has 1 aromatic heterocycles. The first kappa shape index (κ1) is 19.2. The first-order chi connectivity index (χ1) is 13.0. The van der Waals surface area contributed by atoms with Crippen molar-refractivity contribution < 1.29 is 9.53 Å². The second-order valence-electron chi connectivity index (χ2n) is 5.79. The summed E-state index contributed by atoms with van der Waals surface area (Å²) in [5, 5.41) is 14.8. The van der Waals surface area contributed by atoms with Crippen molar-refractivity contribution in [3.8, 4) is 5.75 Å². The molecule has 0 radical (unpaired) electrons. The first-order valence-electron chi connectivity index (χ1n) is 8.33. The molecule has 0 aliphatic rings. The zero-order chi connectivity index (χ0) is 19.2. The van der Waals surface area contributed by atoms with Crippen LogP contribution >= 0.6 is 23.1 Å². The Morgan fingerprint density at radius 1 is 1.15 bits per heavy atom. The van der Waals surface area contributed by atoms with Crippen molar-refractivity contribution in [2.24, 2.45) is 0 Å². The molecule has 2 N–H and O–H groups in total. The van der Waals surface area contributed by atoms with Crippen LogP contribution in [0.2, 0.25) is 0 Å². The van der Waals surface area contributed by atoms with Crippen LogP contribution in [0.25, 0.3) is 0 Å². The molecule has 0 aliphatic heterocycles. The lowest BCUT2D eigenvalue weighted by atomic mass is 10.2. The van der Waals surface area contributed by atoms with Crippen LogP contribution in [0.1, 0.15) is 12.5 Å². The number of ether oxygens (including phenoxy) is 1. The third-order valence-corrected chi connectivity index (χ3v) is 5.82. The topological polar surface area (TPSA) is 76.1 Å². The Bertz CT molecular complexity index is 912. The summed E-state index contributed by atoms with van der Waals surface area (Å²) >= 11 is 2.80. The predicted octanol–water partition coefficient (Wildman–Crippen LogP) is 4.72. The average Bonchev–Trinajstić information content (AvgIpc) is 3.11. The lowest BCUT2D eigenvalue weighted by Crippen LogP contribution is -2.22. The maximum absolute atomic E-state index is 12.4. The van der Waals surface area contributed by atoms with E-state index in [0.29, 0.717) is 5.13 Å². The molecule has 0 unspecified atom stereocenters. The number of nitrogens with zero attached hydrogens (tertiary/aromatic N) is 2. The minimum absolute atomic E-state index is 0.0610. The van der Waals surface area contributed by atoms with Crippen molar-refractivity contribution in [3.05, 3.63) is 54.1 Å². The predicted molar refractivity (Wildman–Crippen MR) is 111 cm³/mol. The fraction of sp³-hybridized carbons (Fsp3) is 0.211. The lowest BCUT2D eigenvalue weighted by Gasteiger charge is -2.11. The first-order valence-corrected chi connectivity index (χ1v) is 10.0. The molecule has 0 spiro atoms. The van der Waals surface area contributed by atoms with Crippen LogP contribution < -0.4 is 15.4 Å². The number of amides is 1. The standard InChI is InChI=1S/C19H20N4O2S2/c1-12-6-4-5-7-16(12)21-17(24)13(2)26-19-23-22-18(27-19)20-14-8-10-15(25-3)11-9-14/h4-11,13H,1-3H3,(H,20,22)(H,21,24)/t13-/m0/s1. The van der Waals surface area contributed by atoms with E-state index < -0.39 is 0 Å². The summed E-state index contributed by atoms with van der Waals surface area (Å²) in [5.41, 5.74) is 2.76. The minimum Gasteiger partial charge on any atom is -0.497 e. The van der Waals surface area contributed by atoms with Gasteiger partial charge in [-0.15, -0.1) is 10.2 Å². The number of benzene rings is 2. The number of hydrogen-bond donors (Lipinski definition) is 2. The van der Waals surface area contributed by atoms with Crippen molar-refractivity contribution in [3.63, 3.8) is 0 Å². The SMILES string of the molecule is COc1ccc(Nc2nnc(S[C@@H](C)C(=O)Nc3ccccc3C)s2)cc1. The van der Waals surface area contributed by atoms with Gasteiger partial charge in [0.15, 0.2) is 4.34 Å². The van der Waals surface area contributed by atoms with Gasteiger partial charge in [-0.25, -0.2) is 0 Å². The Balaban J connectivity index is 1.57. The number of aryl methyl sites for hydroxylation is 1. The van der Waals surface area contributed by atoms with E-state index in [-0.39, 0.29) is 11.2 Å². The van der Waals surface area contributed by atoms with Gasteiger partial charge in [0.25, 0.3) is 0 Å². The number of hydrogen-bond acceptors (Lipinski definition) is 7. The van der Waals surface area contributed by atoms with Gasteiger partial charge < -0.3 is 15.4 Å². The number of methoxy groups -OCH3 is 1. The third-order valence-electron chi connectivity index (χ3n) is 3.80. The summed E-state index contributed by atoms with van der Waals surface area (Å²) in [6, 6.07) is 15.3. The van der Waals surface area contributed by atoms with Gasteiger partial charge in [0.05, 0.1) is 12.4 Å². The monoisotopic (exact) mass is 400 g/mol. The van der Waals surface area contributed by atoms with Crippen LogP contribution in [0.15, 0.2) is 52.9 Å². The highest BCUT2D eigenvalue weighted by molar-refractivity contribution is 8.02. The van der Waals surface area contributed by atoms with Gasteiger partial charge in [0, 0.05) is 11.4 Å². The van der Waals surface area contributed by atoms with Gasteiger partial charge in [-0.2, -0.15) is 0 Å². The van der Waals surface area contributed by atoms with Gasteiger partial charge in [-0.3, -0.25) is 4.79 Å². The van der Waals surface area contributed by atoms with E-state index >= 15 is 0 Å². The van der Waals surface area contributed by atoms with Gasteiger partial charge in [-0.1, -0.05) is 41.3 Å². The van der Waals surface area contributed by atoms with E-state index in [0.717, 1.165) is 27.0 Å².